The van der Waals surface area contributed by atoms with Crippen LogP contribution in [0.3, 0.4) is 0 Å². The number of rotatable bonds is 0. The maximum atomic E-state index is 8.74. The minimum absolute atomic E-state index is 0. The molecule has 3 nitrogen and oxygen atoms in total. The van der Waals surface area contributed by atoms with Crippen LogP contribution in [0.5, 0.6) is 0 Å². The van der Waals surface area contributed by atoms with E-state index in [0.717, 1.165) is 0 Å². The minimum atomic E-state index is -3.13. The molecule has 0 atom stereocenters. The van der Waals surface area contributed by atoms with Crippen molar-refractivity contribution in [1.29, 1.82) is 0 Å². The molecule has 0 fully saturated rings. The zero-order chi connectivity index (χ0) is 3.58. The van der Waals surface area contributed by atoms with Gasteiger partial charge in [-0.3, -0.25) is 4.46 Å². The van der Waals surface area contributed by atoms with Gasteiger partial charge in [-0.25, -0.2) is 0 Å². The Bertz CT molecular complexity index is 29.9. The Hall–Kier alpha value is 1.10. The monoisotopic (exact) mass is 168 g/mol. The number of hydrogen-bond donors (Lipinski definition) is 2. The van der Waals surface area contributed by atoms with E-state index in [-0.39, 0.29) is 45.5 Å². The van der Waals surface area contributed by atoms with E-state index in [1.807, 2.05) is 0 Å². The second-order valence-corrected chi connectivity index (χ2v) is 0.848. The third-order valence-electron chi connectivity index (χ3n) is 0. The van der Waals surface area contributed by atoms with Gasteiger partial charge < -0.3 is 9.59 Å². The molecule has 0 spiro atoms. The molecule has 0 unspecified atom stereocenters. The first-order chi connectivity index (χ1) is 1.73. The van der Waals surface area contributed by atoms with Crippen molar-refractivity contribution in [3.8, 4) is 0 Å². The Morgan fingerprint density at radius 1 is 1.40 bits per heavy atom. The molecule has 0 saturated heterocycles. The van der Waals surface area contributed by atoms with Crippen molar-refractivity contribution in [1.82, 2.24) is 0 Å². The summed E-state index contributed by atoms with van der Waals surface area (Å²) in [5.74, 6) is 0. The van der Waals surface area contributed by atoms with E-state index in [1.54, 1.807) is 0 Å². The summed E-state index contributed by atoms with van der Waals surface area (Å²) in [6, 6.07) is 0. The Morgan fingerprint density at radius 2 is 1.40 bits per heavy atom. The van der Waals surface area contributed by atoms with Crippen LogP contribution in [-0.4, -0.2) is 64.2 Å². The van der Waals surface area contributed by atoms with Crippen molar-refractivity contribution >= 4 is 54.7 Å². The van der Waals surface area contributed by atoms with Gasteiger partial charge in [-0.05, 0) is 0 Å². The molecular weight excluding hydrogens is 164 g/mol. The van der Waals surface area contributed by atoms with Crippen LogP contribution in [-0.2, 0) is 4.46 Å². The normalized spacial score (nSPS) is 4.80. The molecule has 2 N–H and O–H groups in total. The molecule has 0 bridgehead atoms. The van der Waals surface area contributed by atoms with E-state index in [4.69, 9.17) is 14.1 Å². The summed E-state index contributed by atoms with van der Waals surface area (Å²) < 4.78 is 8.74. The van der Waals surface area contributed by atoms with E-state index in [1.165, 1.54) is 0 Å². The average molecular weight is 168 g/mol. The molecular formula is H4O3SiSr. The second kappa shape index (κ2) is 5.10. The van der Waals surface area contributed by atoms with Gasteiger partial charge in [0.1, 0.15) is 0 Å². The molecule has 0 saturated carbocycles. The van der Waals surface area contributed by atoms with Crippen LogP contribution in [0.25, 0.3) is 0 Å². The van der Waals surface area contributed by atoms with Crippen LogP contribution < -0.4 is 0 Å². The molecule has 0 amide bonds. The van der Waals surface area contributed by atoms with E-state index < -0.39 is 9.17 Å². The summed E-state index contributed by atoms with van der Waals surface area (Å²) in [4.78, 5) is 14.3. The summed E-state index contributed by atoms with van der Waals surface area (Å²) in [5, 5.41) is 0. The molecule has 0 aromatic rings. The van der Waals surface area contributed by atoms with Gasteiger partial charge in [-0.1, -0.05) is 0 Å². The van der Waals surface area contributed by atoms with Gasteiger partial charge in [0.25, 0.3) is 0 Å². The van der Waals surface area contributed by atoms with E-state index >= 15 is 0 Å². The number of hydrogen-bond acceptors (Lipinski definition) is 1. The summed E-state index contributed by atoms with van der Waals surface area (Å²) in [5.41, 5.74) is 0. The molecule has 0 aromatic heterocycles. The van der Waals surface area contributed by atoms with Crippen molar-refractivity contribution in [2.75, 3.05) is 0 Å². The first-order valence-corrected chi connectivity index (χ1v) is 1.95. The van der Waals surface area contributed by atoms with Gasteiger partial charge in [0.2, 0.25) is 0 Å². The summed E-state index contributed by atoms with van der Waals surface area (Å²) in [6.45, 7) is 0. The Balaban J connectivity index is 0. The first kappa shape index (κ1) is 9.44. The van der Waals surface area contributed by atoms with E-state index in [9.17, 15) is 0 Å². The predicted molar refractivity (Wildman–Crippen MR) is 19.4 cm³/mol. The SMILES string of the molecule is O=[Si](O)O.[SrH2]. The first-order valence-electron chi connectivity index (χ1n) is 0.651. The van der Waals surface area contributed by atoms with E-state index in [0.29, 0.717) is 0 Å². The molecule has 0 aliphatic rings. The molecule has 28 valence electrons. The standard InChI is InChI=1S/H2O3Si.Sr.2H/c1-4(2)3;;;/h1-2H;;;. The van der Waals surface area contributed by atoms with Gasteiger partial charge in [0.05, 0.1) is 0 Å². The van der Waals surface area contributed by atoms with Crippen molar-refractivity contribution in [3.05, 3.63) is 0 Å². The summed E-state index contributed by atoms with van der Waals surface area (Å²) >= 11 is 0. The molecule has 0 aliphatic carbocycles. The van der Waals surface area contributed by atoms with Gasteiger partial charge >= 0.3 is 54.7 Å². The third kappa shape index (κ3) is 40.6. The zero-order valence-electron chi connectivity index (χ0n) is 1.80. The molecule has 5 heavy (non-hydrogen) atoms. The van der Waals surface area contributed by atoms with Crippen molar-refractivity contribution in [3.63, 3.8) is 0 Å². The summed E-state index contributed by atoms with van der Waals surface area (Å²) in [6.07, 6.45) is 0. The van der Waals surface area contributed by atoms with Gasteiger partial charge in [0.15, 0.2) is 0 Å². The second-order valence-electron chi connectivity index (χ2n) is 0.283. The van der Waals surface area contributed by atoms with Crippen molar-refractivity contribution < 1.29 is 14.1 Å². The quantitative estimate of drug-likeness (QED) is 0.392. The zero-order valence-corrected chi connectivity index (χ0v) is 2.80. The summed E-state index contributed by atoms with van der Waals surface area (Å²) in [7, 11) is -3.13. The van der Waals surface area contributed by atoms with Crippen LogP contribution in [0.1, 0.15) is 0 Å². The Kier molecular flexibility index (Phi) is 9.62. The van der Waals surface area contributed by atoms with Gasteiger partial charge in [-0.15, -0.1) is 0 Å². The predicted octanol–water partition coefficient (Wildman–Crippen LogP) is -2.53. The van der Waals surface area contributed by atoms with E-state index in [2.05, 4.69) is 0 Å². The van der Waals surface area contributed by atoms with Gasteiger partial charge in [0, 0.05) is 0 Å². The fraction of sp³-hybridized carbons (Fsp3) is 0. The Morgan fingerprint density at radius 3 is 1.40 bits per heavy atom. The molecule has 5 heteroatoms. The maximum absolute atomic E-state index is 8.74. The fourth-order valence-corrected chi connectivity index (χ4v) is 0. The Labute approximate surface area is 67.8 Å². The van der Waals surface area contributed by atoms with Crippen LogP contribution >= 0.6 is 0 Å². The molecule has 0 aliphatic heterocycles. The van der Waals surface area contributed by atoms with Crippen LogP contribution in [0, 0.1) is 0 Å². The average Bonchev–Trinajstić information content (AvgIpc) is 0.811. The third-order valence-corrected chi connectivity index (χ3v) is 0. The fourth-order valence-electron chi connectivity index (χ4n) is 0. The topological polar surface area (TPSA) is 57.5 Å². The molecule has 0 rings (SSSR count). The van der Waals surface area contributed by atoms with Crippen molar-refractivity contribution in [2.45, 2.75) is 0 Å². The van der Waals surface area contributed by atoms with Gasteiger partial charge in [-0.2, -0.15) is 0 Å². The van der Waals surface area contributed by atoms with Crippen LogP contribution in [0.15, 0.2) is 0 Å². The molecule has 0 radical (unpaired) electrons. The molecule has 0 aromatic carbocycles. The van der Waals surface area contributed by atoms with Crippen LogP contribution in [0.2, 0.25) is 0 Å². The molecule has 0 heterocycles. The van der Waals surface area contributed by atoms with Crippen molar-refractivity contribution in [2.24, 2.45) is 0 Å². The van der Waals surface area contributed by atoms with Crippen LogP contribution in [0.4, 0.5) is 0 Å².